The van der Waals surface area contributed by atoms with Crippen LogP contribution in [0.25, 0.3) is 0 Å². The summed E-state index contributed by atoms with van der Waals surface area (Å²) in [7, 11) is 0. The molecule has 1 aromatic rings. The van der Waals surface area contributed by atoms with Gasteiger partial charge in [-0.25, -0.2) is 0 Å². The van der Waals surface area contributed by atoms with Gasteiger partial charge >= 0.3 is 0 Å². The molecule has 2 rings (SSSR count). The van der Waals surface area contributed by atoms with Crippen LogP contribution in [0, 0.1) is 5.92 Å². The lowest BCUT2D eigenvalue weighted by Gasteiger charge is -2.07. The van der Waals surface area contributed by atoms with Crippen LogP contribution in [-0.4, -0.2) is 16.1 Å². The third-order valence-electron chi connectivity index (χ3n) is 3.20. The average molecular weight is 238 g/mol. The van der Waals surface area contributed by atoms with Gasteiger partial charge in [0.2, 0.25) is 0 Å². The van der Waals surface area contributed by atoms with Crippen molar-refractivity contribution in [3.8, 4) is 0 Å². The van der Waals surface area contributed by atoms with E-state index in [0.717, 1.165) is 12.5 Å². The van der Waals surface area contributed by atoms with Gasteiger partial charge in [-0.15, -0.1) is 0 Å². The topological polar surface area (TPSA) is 30.9 Å². The third-order valence-corrected chi connectivity index (χ3v) is 4.18. The van der Waals surface area contributed by atoms with Gasteiger partial charge < -0.3 is 10.3 Å². The quantitative estimate of drug-likeness (QED) is 0.740. The molecule has 1 aliphatic carbocycles. The van der Waals surface area contributed by atoms with Gasteiger partial charge in [-0.1, -0.05) is 6.92 Å². The lowest BCUT2D eigenvalue weighted by Crippen LogP contribution is -2.11. The van der Waals surface area contributed by atoms with Gasteiger partial charge in [0.25, 0.3) is 0 Å². The van der Waals surface area contributed by atoms with Crippen LogP contribution in [0.2, 0.25) is 0 Å². The zero-order chi connectivity index (χ0) is 11.4. The molecule has 1 atom stereocenters. The second-order valence-electron chi connectivity index (χ2n) is 4.60. The van der Waals surface area contributed by atoms with Gasteiger partial charge in [-0.05, 0) is 48.3 Å². The van der Waals surface area contributed by atoms with Crippen LogP contribution in [0.4, 0.5) is 0 Å². The van der Waals surface area contributed by atoms with Crippen molar-refractivity contribution in [1.29, 1.82) is 0 Å². The number of hydrogen-bond donors (Lipinski definition) is 1. The van der Waals surface area contributed by atoms with Crippen molar-refractivity contribution in [1.82, 2.24) is 4.57 Å². The fourth-order valence-electron chi connectivity index (χ4n) is 2.02. The molecule has 0 saturated heterocycles. The highest BCUT2D eigenvalue weighted by molar-refractivity contribution is 7.99. The van der Waals surface area contributed by atoms with Gasteiger partial charge in [0, 0.05) is 25.0 Å². The maximum atomic E-state index is 6.17. The molecule has 0 spiro atoms. The molecule has 3 heteroatoms. The third kappa shape index (κ3) is 3.29. The molecule has 90 valence electrons. The highest BCUT2D eigenvalue weighted by Gasteiger charge is 2.29. The summed E-state index contributed by atoms with van der Waals surface area (Å²) in [5.74, 6) is 3.24. The fourth-order valence-corrected chi connectivity index (χ4v) is 2.64. The number of rotatable bonds is 7. The first-order valence-corrected chi connectivity index (χ1v) is 7.45. The molecule has 1 heterocycles. The molecule has 2 N–H and O–H groups in total. The molecule has 1 unspecified atom stereocenters. The number of nitrogens with two attached hydrogens (primary N) is 1. The largest absolute Gasteiger partial charge is 0.354 e. The zero-order valence-electron chi connectivity index (χ0n) is 10.1. The minimum Gasteiger partial charge on any atom is -0.354 e. The van der Waals surface area contributed by atoms with E-state index in [9.17, 15) is 0 Å². The van der Waals surface area contributed by atoms with Crippen molar-refractivity contribution in [2.75, 3.05) is 11.5 Å². The maximum Gasteiger partial charge on any atom is 0.0338 e. The molecule has 16 heavy (non-hydrogen) atoms. The van der Waals surface area contributed by atoms with Crippen LogP contribution in [0.3, 0.4) is 0 Å². The highest BCUT2D eigenvalue weighted by Crippen LogP contribution is 2.39. The second-order valence-corrected chi connectivity index (χ2v) is 5.99. The Morgan fingerprint density at radius 2 is 2.38 bits per heavy atom. The molecule has 1 aliphatic rings. The fraction of sp³-hybridized carbons (Fsp3) is 0.692. The minimum atomic E-state index is 0.284. The van der Waals surface area contributed by atoms with Crippen molar-refractivity contribution in [3.63, 3.8) is 0 Å². The van der Waals surface area contributed by atoms with E-state index >= 15 is 0 Å². The summed E-state index contributed by atoms with van der Waals surface area (Å²) in [6.07, 6.45) is 8.30. The van der Waals surface area contributed by atoms with Crippen molar-refractivity contribution < 1.29 is 0 Å². The predicted molar refractivity (Wildman–Crippen MR) is 71.7 cm³/mol. The number of thioether (sulfide) groups is 1. The molecule has 1 saturated carbocycles. The van der Waals surface area contributed by atoms with Gasteiger partial charge in [0.15, 0.2) is 0 Å². The second kappa shape index (κ2) is 5.78. The van der Waals surface area contributed by atoms with Gasteiger partial charge in [-0.3, -0.25) is 0 Å². The Balaban J connectivity index is 1.77. The Bertz CT molecular complexity index is 317. The van der Waals surface area contributed by atoms with E-state index in [1.807, 2.05) is 11.8 Å². The van der Waals surface area contributed by atoms with Crippen molar-refractivity contribution >= 4 is 11.8 Å². The zero-order valence-corrected chi connectivity index (χ0v) is 10.9. The van der Waals surface area contributed by atoms with E-state index < -0.39 is 0 Å². The smallest absolute Gasteiger partial charge is 0.0338 e. The SMILES string of the molecule is CCSCCCn1ccc(C(N)C2CC2)c1. The van der Waals surface area contributed by atoms with Gasteiger partial charge in [-0.2, -0.15) is 11.8 Å². The average Bonchev–Trinajstić information content (AvgIpc) is 3.03. The summed E-state index contributed by atoms with van der Waals surface area (Å²) in [5, 5.41) is 0. The normalized spacial score (nSPS) is 17.6. The predicted octanol–water partition coefficient (Wildman–Crippen LogP) is 3.04. The monoisotopic (exact) mass is 238 g/mol. The van der Waals surface area contributed by atoms with Crippen molar-refractivity contribution in [3.05, 3.63) is 24.0 Å². The summed E-state index contributed by atoms with van der Waals surface area (Å²) in [6.45, 7) is 3.34. The Kier molecular flexibility index (Phi) is 4.36. The van der Waals surface area contributed by atoms with E-state index in [-0.39, 0.29) is 6.04 Å². The van der Waals surface area contributed by atoms with Crippen LogP contribution < -0.4 is 5.73 Å². The molecule has 0 amide bonds. The van der Waals surface area contributed by atoms with E-state index in [1.165, 1.54) is 36.3 Å². The molecule has 2 nitrogen and oxygen atoms in total. The van der Waals surface area contributed by atoms with Gasteiger partial charge in [0.1, 0.15) is 0 Å². The molecule has 0 aromatic carbocycles. The number of nitrogens with zero attached hydrogens (tertiary/aromatic N) is 1. The summed E-state index contributed by atoms with van der Waals surface area (Å²) in [6, 6.07) is 2.47. The first-order valence-electron chi connectivity index (χ1n) is 6.30. The van der Waals surface area contributed by atoms with E-state index in [0.29, 0.717) is 0 Å². The first-order chi connectivity index (χ1) is 7.81. The van der Waals surface area contributed by atoms with Crippen LogP contribution in [0.5, 0.6) is 0 Å². The maximum absolute atomic E-state index is 6.17. The Hall–Kier alpha value is -0.410. The van der Waals surface area contributed by atoms with Crippen LogP contribution in [0.1, 0.15) is 37.8 Å². The number of hydrogen-bond acceptors (Lipinski definition) is 2. The standard InChI is InChI=1S/C13H22N2S/c1-2-16-9-3-7-15-8-6-12(10-15)13(14)11-4-5-11/h6,8,10-11,13H,2-5,7,9,14H2,1H3. The van der Waals surface area contributed by atoms with E-state index in [4.69, 9.17) is 5.73 Å². The summed E-state index contributed by atoms with van der Waals surface area (Å²) >= 11 is 2.02. The van der Waals surface area contributed by atoms with Crippen LogP contribution in [0.15, 0.2) is 18.5 Å². The Labute approximate surface area is 103 Å². The summed E-state index contributed by atoms with van der Waals surface area (Å²) < 4.78 is 2.29. The van der Waals surface area contributed by atoms with Crippen molar-refractivity contribution in [2.45, 2.75) is 38.8 Å². The lowest BCUT2D eigenvalue weighted by atomic mass is 10.1. The summed E-state index contributed by atoms with van der Waals surface area (Å²) in [5.41, 5.74) is 7.50. The van der Waals surface area contributed by atoms with Gasteiger partial charge in [0.05, 0.1) is 0 Å². The molecule has 1 aromatic heterocycles. The molecular weight excluding hydrogens is 216 g/mol. The summed E-state index contributed by atoms with van der Waals surface area (Å²) in [4.78, 5) is 0. The molecule has 1 fully saturated rings. The Morgan fingerprint density at radius 1 is 1.56 bits per heavy atom. The highest BCUT2D eigenvalue weighted by atomic mass is 32.2. The molecule has 0 radical (unpaired) electrons. The lowest BCUT2D eigenvalue weighted by molar-refractivity contribution is 0.625. The van der Waals surface area contributed by atoms with E-state index in [1.54, 1.807) is 0 Å². The number of aromatic nitrogens is 1. The first kappa shape index (κ1) is 12.1. The van der Waals surface area contributed by atoms with E-state index in [2.05, 4.69) is 30.0 Å². The minimum absolute atomic E-state index is 0.284. The molecule has 0 bridgehead atoms. The van der Waals surface area contributed by atoms with Crippen LogP contribution in [-0.2, 0) is 6.54 Å². The Morgan fingerprint density at radius 3 is 3.06 bits per heavy atom. The number of aryl methyl sites for hydroxylation is 1. The van der Waals surface area contributed by atoms with Crippen molar-refractivity contribution in [2.24, 2.45) is 11.7 Å². The molecule has 0 aliphatic heterocycles. The molecular formula is C13H22N2S. The van der Waals surface area contributed by atoms with Crippen LogP contribution >= 0.6 is 11.8 Å².